The SMILES string of the molecule is CC(C)CNCc1cccc(Cl)c1-n1cc(C(N)=O)cn1. The third kappa shape index (κ3) is 3.83. The lowest BCUT2D eigenvalue weighted by Crippen LogP contribution is -2.20. The molecule has 3 N–H and O–H groups in total. The van der Waals surface area contributed by atoms with Crippen LogP contribution in [0.15, 0.2) is 30.6 Å². The van der Waals surface area contributed by atoms with Crippen molar-refractivity contribution in [1.29, 1.82) is 0 Å². The minimum atomic E-state index is -0.507. The van der Waals surface area contributed by atoms with Gasteiger partial charge in [-0.25, -0.2) is 4.68 Å². The standard InChI is InChI=1S/C15H19ClN4O/c1-10(2)6-18-7-11-4-3-5-13(16)14(11)20-9-12(8-19-20)15(17)21/h3-5,8-10,18H,6-7H2,1-2H3,(H2,17,21). The average molecular weight is 307 g/mol. The van der Waals surface area contributed by atoms with Crippen LogP contribution in [0.2, 0.25) is 5.02 Å². The Bertz CT molecular complexity index is 636. The molecule has 1 aromatic heterocycles. The third-order valence-electron chi connectivity index (χ3n) is 3.03. The lowest BCUT2D eigenvalue weighted by atomic mass is 10.1. The number of halogens is 1. The normalized spacial score (nSPS) is 11.0. The molecular weight excluding hydrogens is 288 g/mol. The van der Waals surface area contributed by atoms with Crippen LogP contribution in [0, 0.1) is 5.92 Å². The molecule has 0 fully saturated rings. The van der Waals surface area contributed by atoms with Crippen LogP contribution in [0.5, 0.6) is 0 Å². The van der Waals surface area contributed by atoms with Crippen LogP contribution in [-0.2, 0) is 6.54 Å². The van der Waals surface area contributed by atoms with Crippen molar-refractivity contribution in [3.05, 3.63) is 46.7 Å². The van der Waals surface area contributed by atoms with Gasteiger partial charge in [0.05, 0.1) is 22.5 Å². The molecule has 112 valence electrons. The molecule has 0 aliphatic heterocycles. The molecule has 0 aliphatic carbocycles. The first-order valence-corrected chi connectivity index (χ1v) is 7.19. The highest BCUT2D eigenvalue weighted by molar-refractivity contribution is 6.32. The highest BCUT2D eigenvalue weighted by atomic mass is 35.5. The predicted molar refractivity (Wildman–Crippen MR) is 83.6 cm³/mol. The van der Waals surface area contributed by atoms with Crippen LogP contribution in [-0.4, -0.2) is 22.2 Å². The second-order valence-corrected chi connectivity index (χ2v) is 5.72. The van der Waals surface area contributed by atoms with Crippen molar-refractivity contribution in [3.8, 4) is 5.69 Å². The third-order valence-corrected chi connectivity index (χ3v) is 3.34. The number of carbonyl (C=O) groups excluding carboxylic acids is 1. The van der Waals surface area contributed by atoms with Crippen molar-refractivity contribution in [3.63, 3.8) is 0 Å². The second-order valence-electron chi connectivity index (χ2n) is 5.31. The largest absolute Gasteiger partial charge is 0.366 e. The Labute approximate surface area is 129 Å². The van der Waals surface area contributed by atoms with E-state index in [4.69, 9.17) is 17.3 Å². The maximum atomic E-state index is 11.2. The molecule has 6 heteroatoms. The molecule has 2 aromatic rings. The molecule has 0 spiro atoms. The highest BCUT2D eigenvalue weighted by Gasteiger charge is 2.12. The zero-order valence-electron chi connectivity index (χ0n) is 12.1. The summed E-state index contributed by atoms with van der Waals surface area (Å²) in [6, 6.07) is 5.69. The van der Waals surface area contributed by atoms with Gasteiger partial charge in [0.15, 0.2) is 0 Å². The summed E-state index contributed by atoms with van der Waals surface area (Å²) < 4.78 is 1.59. The first-order valence-electron chi connectivity index (χ1n) is 6.82. The Morgan fingerprint density at radius 2 is 2.24 bits per heavy atom. The zero-order valence-corrected chi connectivity index (χ0v) is 12.9. The quantitative estimate of drug-likeness (QED) is 0.860. The van der Waals surface area contributed by atoms with E-state index >= 15 is 0 Å². The van der Waals surface area contributed by atoms with E-state index in [0.29, 0.717) is 23.0 Å². The van der Waals surface area contributed by atoms with Gasteiger partial charge >= 0.3 is 0 Å². The first kappa shape index (κ1) is 15.5. The van der Waals surface area contributed by atoms with Crippen molar-refractivity contribution in [2.75, 3.05) is 6.54 Å². The van der Waals surface area contributed by atoms with E-state index in [9.17, 15) is 4.79 Å². The van der Waals surface area contributed by atoms with Crippen molar-refractivity contribution in [1.82, 2.24) is 15.1 Å². The molecule has 1 aromatic carbocycles. The van der Waals surface area contributed by atoms with E-state index in [-0.39, 0.29) is 0 Å². The summed E-state index contributed by atoms with van der Waals surface area (Å²) in [4.78, 5) is 11.2. The second kappa shape index (κ2) is 6.74. The number of amides is 1. The summed E-state index contributed by atoms with van der Waals surface area (Å²) in [6.07, 6.45) is 3.03. The fourth-order valence-electron chi connectivity index (χ4n) is 2.03. The fraction of sp³-hybridized carbons (Fsp3) is 0.333. The van der Waals surface area contributed by atoms with Gasteiger partial charge in [0.25, 0.3) is 5.91 Å². The molecule has 21 heavy (non-hydrogen) atoms. The van der Waals surface area contributed by atoms with E-state index < -0.39 is 5.91 Å². The van der Waals surface area contributed by atoms with Gasteiger partial charge in [-0.3, -0.25) is 4.79 Å². The van der Waals surface area contributed by atoms with Crippen LogP contribution in [0.4, 0.5) is 0 Å². The van der Waals surface area contributed by atoms with Crippen LogP contribution in [0.25, 0.3) is 5.69 Å². The first-order chi connectivity index (χ1) is 9.99. The molecular formula is C15H19ClN4O. The molecule has 0 saturated heterocycles. The Balaban J connectivity index is 2.30. The number of aromatic nitrogens is 2. The number of nitrogens with one attached hydrogen (secondary N) is 1. The van der Waals surface area contributed by atoms with Gasteiger partial charge in [0.1, 0.15) is 0 Å². The van der Waals surface area contributed by atoms with Crippen LogP contribution >= 0.6 is 11.6 Å². The van der Waals surface area contributed by atoms with E-state index in [1.807, 2.05) is 12.1 Å². The van der Waals surface area contributed by atoms with Gasteiger partial charge in [-0.05, 0) is 24.1 Å². The van der Waals surface area contributed by atoms with Crippen molar-refractivity contribution < 1.29 is 4.79 Å². The van der Waals surface area contributed by atoms with Crippen LogP contribution in [0.1, 0.15) is 29.8 Å². The molecule has 0 saturated carbocycles. The number of primary amides is 1. The van der Waals surface area contributed by atoms with Crippen LogP contribution in [0.3, 0.4) is 0 Å². The minimum absolute atomic E-state index is 0.357. The highest BCUT2D eigenvalue weighted by Crippen LogP contribution is 2.24. The number of benzene rings is 1. The van der Waals surface area contributed by atoms with E-state index in [2.05, 4.69) is 24.3 Å². The lowest BCUT2D eigenvalue weighted by molar-refractivity contribution is 0.100. The monoisotopic (exact) mass is 306 g/mol. The molecule has 2 rings (SSSR count). The molecule has 0 aliphatic rings. The maximum Gasteiger partial charge on any atom is 0.251 e. The topological polar surface area (TPSA) is 72.9 Å². The van der Waals surface area contributed by atoms with E-state index in [1.54, 1.807) is 16.9 Å². The number of carbonyl (C=O) groups is 1. The lowest BCUT2D eigenvalue weighted by Gasteiger charge is -2.13. The fourth-order valence-corrected chi connectivity index (χ4v) is 2.31. The van der Waals surface area contributed by atoms with E-state index in [0.717, 1.165) is 17.8 Å². The summed E-state index contributed by atoms with van der Waals surface area (Å²) >= 11 is 6.29. The Morgan fingerprint density at radius 3 is 2.86 bits per heavy atom. The Hall–Kier alpha value is -1.85. The zero-order chi connectivity index (χ0) is 15.4. The number of hydrogen-bond acceptors (Lipinski definition) is 3. The van der Waals surface area contributed by atoms with E-state index in [1.165, 1.54) is 6.20 Å². The molecule has 1 amide bonds. The summed E-state index contributed by atoms with van der Waals surface area (Å²) in [5.74, 6) is 0.0617. The summed E-state index contributed by atoms with van der Waals surface area (Å²) in [5.41, 5.74) is 7.40. The van der Waals surface area contributed by atoms with Gasteiger partial charge in [-0.15, -0.1) is 0 Å². The summed E-state index contributed by atoms with van der Waals surface area (Å²) in [6.45, 7) is 5.90. The number of nitrogens with zero attached hydrogens (tertiary/aromatic N) is 2. The van der Waals surface area contributed by atoms with Crippen molar-refractivity contribution in [2.45, 2.75) is 20.4 Å². The van der Waals surface area contributed by atoms with Gasteiger partial charge in [-0.1, -0.05) is 37.6 Å². The molecule has 0 unspecified atom stereocenters. The Morgan fingerprint density at radius 1 is 1.48 bits per heavy atom. The van der Waals surface area contributed by atoms with Crippen LogP contribution < -0.4 is 11.1 Å². The molecule has 1 heterocycles. The Kier molecular flexibility index (Phi) is 4.98. The van der Waals surface area contributed by atoms with Crippen molar-refractivity contribution in [2.24, 2.45) is 11.7 Å². The van der Waals surface area contributed by atoms with Gasteiger partial charge in [0.2, 0.25) is 0 Å². The van der Waals surface area contributed by atoms with Crippen molar-refractivity contribution >= 4 is 17.5 Å². The minimum Gasteiger partial charge on any atom is -0.366 e. The van der Waals surface area contributed by atoms with Gasteiger partial charge in [-0.2, -0.15) is 5.10 Å². The van der Waals surface area contributed by atoms with Gasteiger partial charge < -0.3 is 11.1 Å². The molecule has 5 nitrogen and oxygen atoms in total. The molecule has 0 atom stereocenters. The molecule has 0 radical (unpaired) electrons. The van der Waals surface area contributed by atoms with Gasteiger partial charge in [0, 0.05) is 12.7 Å². The summed E-state index contributed by atoms with van der Waals surface area (Å²) in [5, 5.41) is 8.13. The smallest absolute Gasteiger partial charge is 0.251 e. The number of para-hydroxylation sites is 1. The number of nitrogens with two attached hydrogens (primary N) is 1. The predicted octanol–water partition coefficient (Wildman–Crippen LogP) is 2.37. The number of hydrogen-bond donors (Lipinski definition) is 2. The summed E-state index contributed by atoms with van der Waals surface area (Å²) in [7, 11) is 0. The maximum absolute atomic E-state index is 11.2. The number of rotatable bonds is 6. The average Bonchev–Trinajstić information content (AvgIpc) is 2.88. The molecule has 0 bridgehead atoms.